The van der Waals surface area contributed by atoms with E-state index in [1.165, 1.54) is 12.1 Å². The predicted molar refractivity (Wildman–Crippen MR) is 107 cm³/mol. The van der Waals surface area contributed by atoms with Crippen LogP contribution in [0.4, 0.5) is 8.78 Å². The maximum atomic E-state index is 13.6. The van der Waals surface area contributed by atoms with Gasteiger partial charge in [-0.1, -0.05) is 6.07 Å². The maximum absolute atomic E-state index is 13.6. The topological polar surface area (TPSA) is 51.5 Å². The quantitative estimate of drug-likeness (QED) is 0.621. The summed E-state index contributed by atoms with van der Waals surface area (Å²) < 4.78 is 32.7. The number of rotatable bonds is 3. The number of pyridine rings is 1. The van der Waals surface area contributed by atoms with Crippen molar-refractivity contribution < 1.29 is 18.3 Å². The van der Waals surface area contributed by atoms with Crippen molar-refractivity contribution in [2.24, 2.45) is 4.99 Å². The molecule has 0 fully saturated rings. The molecule has 30 heavy (non-hydrogen) atoms. The molecule has 1 atom stereocenters. The first kappa shape index (κ1) is 18.6. The van der Waals surface area contributed by atoms with Crippen LogP contribution in [0.1, 0.15) is 33.4 Å². The van der Waals surface area contributed by atoms with Gasteiger partial charge in [0.2, 0.25) is 0 Å². The van der Waals surface area contributed by atoms with Gasteiger partial charge >= 0.3 is 5.97 Å². The van der Waals surface area contributed by atoms with Gasteiger partial charge in [-0.15, -0.1) is 0 Å². The minimum Gasteiger partial charge on any atom is -0.461 e. The smallest absolute Gasteiger partial charge is 0.310 e. The molecule has 2 aliphatic rings. The van der Waals surface area contributed by atoms with Crippen LogP contribution in [-0.4, -0.2) is 22.8 Å². The molecule has 3 heterocycles. The Balaban J connectivity index is 1.47. The molecule has 3 aromatic rings. The van der Waals surface area contributed by atoms with Crippen LogP contribution in [-0.2, 0) is 35.3 Å². The maximum Gasteiger partial charge on any atom is 0.310 e. The average molecular weight is 404 g/mol. The van der Waals surface area contributed by atoms with Crippen molar-refractivity contribution in [1.29, 1.82) is 0 Å². The van der Waals surface area contributed by atoms with Gasteiger partial charge in [-0.25, -0.2) is 8.78 Å². The van der Waals surface area contributed by atoms with E-state index in [9.17, 15) is 13.6 Å². The number of benzene rings is 2. The Morgan fingerprint density at radius 1 is 0.967 bits per heavy atom. The summed E-state index contributed by atoms with van der Waals surface area (Å²) in [6.07, 6.45) is 3.90. The fourth-order valence-electron chi connectivity index (χ4n) is 4.23. The third kappa shape index (κ3) is 3.61. The molecular formula is C24H18F2N2O2. The standard InChI is InChI=1S/C24H18F2N2O2/c25-19-5-14(6-20(26)12-19)7-21-9-17-10-22-18(8-16(17)11-23(29)30-21)13-28-24(22)15-1-3-27-4-2-15/h1-6,8,10,12,21H,7,9,11,13H2. The van der Waals surface area contributed by atoms with E-state index in [2.05, 4.69) is 16.0 Å². The number of carbonyl (C=O) groups is 1. The Hall–Kier alpha value is -3.41. The number of hydrogen-bond donors (Lipinski definition) is 0. The van der Waals surface area contributed by atoms with Crippen molar-refractivity contribution in [3.63, 3.8) is 0 Å². The zero-order valence-corrected chi connectivity index (χ0v) is 16.1. The molecule has 2 aromatic carbocycles. The fraction of sp³-hybridized carbons (Fsp3) is 0.208. The normalized spacial score (nSPS) is 17.6. The number of aromatic nitrogens is 1. The highest BCUT2D eigenvalue weighted by atomic mass is 19.1. The molecule has 4 nitrogen and oxygen atoms in total. The van der Waals surface area contributed by atoms with E-state index in [-0.39, 0.29) is 18.8 Å². The van der Waals surface area contributed by atoms with Crippen LogP contribution < -0.4 is 0 Å². The summed E-state index contributed by atoms with van der Waals surface area (Å²) in [4.78, 5) is 21.1. The summed E-state index contributed by atoms with van der Waals surface area (Å²) in [5.74, 6) is -1.61. The molecule has 150 valence electrons. The zero-order chi connectivity index (χ0) is 20.7. The van der Waals surface area contributed by atoms with Gasteiger partial charge in [0.1, 0.15) is 17.7 Å². The van der Waals surface area contributed by atoms with E-state index in [0.29, 0.717) is 18.5 Å². The van der Waals surface area contributed by atoms with E-state index in [4.69, 9.17) is 4.74 Å². The van der Waals surface area contributed by atoms with Crippen LogP contribution in [0.5, 0.6) is 0 Å². The molecule has 0 spiro atoms. The first-order valence-corrected chi connectivity index (χ1v) is 9.79. The number of ether oxygens (including phenoxy) is 1. The second kappa shape index (κ2) is 7.44. The largest absolute Gasteiger partial charge is 0.461 e. The number of esters is 1. The monoisotopic (exact) mass is 404 g/mol. The van der Waals surface area contributed by atoms with Gasteiger partial charge < -0.3 is 4.74 Å². The Morgan fingerprint density at radius 2 is 1.73 bits per heavy atom. The van der Waals surface area contributed by atoms with Crippen molar-refractivity contribution in [3.8, 4) is 0 Å². The van der Waals surface area contributed by atoms with Gasteiger partial charge in [0.15, 0.2) is 0 Å². The molecule has 0 radical (unpaired) electrons. The van der Waals surface area contributed by atoms with Gasteiger partial charge in [-0.2, -0.15) is 0 Å². The Labute approximate surface area is 172 Å². The van der Waals surface area contributed by atoms with Crippen molar-refractivity contribution >= 4 is 11.7 Å². The van der Waals surface area contributed by atoms with Crippen LogP contribution in [0, 0.1) is 11.6 Å². The third-order valence-corrected chi connectivity index (χ3v) is 5.51. The van der Waals surface area contributed by atoms with E-state index in [1.54, 1.807) is 12.4 Å². The van der Waals surface area contributed by atoms with E-state index < -0.39 is 17.7 Å². The fourth-order valence-corrected chi connectivity index (χ4v) is 4.23. The first-order chi connectivity index (χ1) is 14.5. The Morgan fingerprint density at radius 3 is 2.50 bits per heavy atom. The second-order valence-electron chi connectivity index (χ2n) is 7.65. The number of hydrogen-bond acceptors (Lipinski definition) is 4. The van der Waals surface area contributed by atoms with Crippen LogP contribution in [0.3, 0.4) is 0 Å². The third-order valence-electron chi connectivity index (χ3n) is 5.51. The second-order valence-corrected chi connectivity index (χ2v) is 7.65. The SMILES string of the molecule is O=C1Cc2cc3c(cc2CC(Cc2cc(F)cc(F)c2)O1)C(c1ccncc1)=NC3. The highest BCUT2D eigenvalue weighted by Gasteiger charge is 2.27. The van der Waals surface area contributed by atoms with Crippen molar-refractivity contribution in [2.45, 2.75) is 31.9 Å². The lowest BCUT2D eigenvalue weighted by Gasteiger charge is -2.16. The molecule has 0 bridgehead atoms. The van der Waals surface area contributed by atoms with Crippen LogP contribution in [0.25, 0.3) is 0 Å². The lowest BCUT2D eigenvalue weighted by atomic mass is 9.91. The minimum absolute atomic E-state index is 0.182. The molecular weight excluding hydrogens is 386 g/mol. The van der Waals surface area contributed by atoms with E-state index in [0.717, 1.165) is 39.6 Å². The van der Waals surface area contributed by atoms with Crippen LogP contribution in [0.15, 0.2) is 59.9 Å². The molecule has 0 aliphatic carbocycles. The number of carbonyl (C=O) groups excluding carboxylic acids is 1. The van der Waals surface area contributed by atoms with Crippen LogP contribution in [0.2, 0.25) is 0 Å². The van der Waals surface area contributed by atoms with Gasteiger partial charge in [-0.3, -0.25) is 14.8 Å². The number of aliphatic imine (C=N–C) groups is 1. The summed E-state index contributed by atoms with van der Waals surface area (Å²) in [5.41, 5.74) is 6.44. The number of fused-ring (bicyclic) bond motifs is 2. The van der Waals surface area contributed by atoms with E-state index in [1.807, 2.05) is 18.2 Å². The predicted octanol–water partition coefficient (Wildman–Crippen LogP) is 3.96. The summed E-state index contributed by atoms with van der Waals surface area (Å²) in [5, 5.41) is 0. The minimum atomic E-state index is -0.638. The molecule has 0 saturated carbocycles. The molecule has 1 unspecified atom stereocenters. The Kier molecular flexibility index (Phi) is 4.62. The van der Waals surface area contributed by atoms with Crippen molar-refractivity contribution in [3.05, 3.63) is 99.9 Å². The summed E-state index contributed by atoms with van der Waals surface area (Å²) in [7, 11) is 0. The zero-order valence-electron chi connectivity index (χ0n) is 16.1. The average Bonchev–Trinajstić information content (AvgIpc) is 3.03. The summed E-state index contributed by atoms with van der Waals surface area (Å²) in [6.45, 7) is 0.571. The van der Waals surface area contributed by atoms with Gasteiger partial charge in [-0.05, 0) is 52.6 Å². The highest BCUT2D eigenvalue weighted by molar-refractivity contribution is 6.15. The molecule has 5 rings (SSSR count). The molecule has 6 heteroatoms. The Bertz CT molecular complexity index is 1160. The number of cyclic esters (lactones) is 1. The highest BCUT2D eigenvalue weighted by Crippen LogP contribution is 2.30. The molecule has 0 amide bonds. The van der Waals surface area contributed by atoms with Crippen molar-refractivity contribution in [2.75, 3.05) is 0 Å². The van der Waals surface area contributed by atoms with Gasteiger partial charge in [0.25, 0.3) is 0 Å². The van der Waals surface area contributed by atoms with E-state index >= 15 is 0 Å². The molecule has 2 aliphatic heterocycles. The molecule has 0 N–H and O–H groups in total. The van der Waals surface area contributed by atoms with Gasteiger partial charge in [0, 0.05) is 42.4 Å². The van der Waals surface area contributed by atoms with Gasteiger partial charge in [0.05, 0.1) is 18.7 Å². The van der Waals surface area contributed by atoms with Crippen molar-refractivity contribution in [1.82, 2.24) is 4.98 Å². The molecule has 0 saturated heterocycles. The number of nitrogens with zero attached hydrogens (tertiary/aromatic N) is 2. The summed E-state index contributed by atoms with van der Waals surface area (Å²) in [6, 6.07) is 11.4. The molecule has 1 aromatic heterocycles. The lowest BCUT2D eigenvalue weighted by Crippen LogP contribution is -2.21. The van der Waals surface area contributed by atoms with Crippen LogP contribution >= 0.6 is 0 Å². The summed E-state index contributed by atoms with van der Waals surface area (Å²) >= 11 is 0. The number of halogens is 2. The lowest BCUT2D eigenvalue weighted by molar-refractivity contribution is -0.147. The first-order valence-electron chi connectivity index (χ1n) is 9.79.